The summed E-state index contributed by atoms with van der Waals surface area (Å²) in [6.45, 7) is 4.76. The van der Waals surface area contributed by atoms with E-state index in [9.17, 15) is 22.8 Å². The van der Waals surface area contributed by atoms with Gasteiger partial charge in [0.2, 0.25) is 5.91 Å². The molecule has 2 heterocycles. The molecule has 1 N–H and O–H groups in total. The average Bonchev–Trinajstić information content (AvgIpc) is 3.10. The first-order valence-electron chi connectivity index (χ1n) is 7.92. The summed E-state index contributed by atoms with van der Waals surface area (Å²) in [4.78, 5) is 28.2. The summed E-state index contributed by atoms with van der Waals surface area (Å²) >= 11 is 0. The summed E-state index contributed by atoms with van der Waals surface area (Å²) in [5, 5.41) is 8.97. The number of aryl methyl sites for hydroxylation is 1. The normalized spacial score (nSPS) is 21.6. The lowest BCUT2D eigenvalue weighted by Gasteiger charge is -2.18. The van der Waals surface area contributed by atoms with Crippen LogP contribution in [0.2, 0.25) is 0 Å². The molecule has 9 heteroatoms. The first-order chi connectivity index (χ1) is 11.4. The van der Waals surface area contributed by atoms with Crippen LogP contribution in [0, 0.1) is 11.8 Å². The Morgan fingerprint density at radius 3 is 2.40 bits per heavy atom. The minimum Gasteiger partial charge on any atom is -0.481 e. The number of amides is 1. The Labute approximate surface area is 143 Å². The molecule has 0 saturated carbocycles. The highest BCUT2D eigenvalue weighted by Gasteiger charge is 2.53. The number of aromatic nitrogens is 1. The quantitative estimate of drug-likeness (QED) is 0.890. The second-order valence-electron chi connectivity index (χ2n) is 7.26. The zero-order valence-electron chi connectivity index (χ0n) is 14.3. The van der Waals surface area contributed by atoms with Gasteiger partial charge >= 0.3 is 12.1 Å². The molecule has 1 aromatic rings. The molecule has 1 fully saturated rings. The van der Waals surface area contributed by atoms with E-state index in [2.05, 4.69) is 4.98 Å². The standard InChI is InChI=1S/C16H21F3N2O4/c1-15(2,3)11-6-20-12(25-11)4-5-13(22)21-7-9(14(23)24)10(8-21)16(17,18)19/h6,9-10H,4-5,7-8H2,1-3H3,(H,23,24)/t9-,10-/m1/s1. The van der Waals surface area contributed by atoms with Crippen molar-refractivity contribution in [1.29, 1.82) is 0 Å². The lowest BCUT2D eigenvalue weighted by molar-refractivity contribution is -0.188. The molecule has 0 spiro atoms. The minimum atomic E-state index is -4.65. The van der Waals surface area contributed by atoms with Crippen molar-refractivity contribution in [3.8, 4) is 0 Å². The molecular formula is C16H21F3N2O4. The van der Waals surface area contributed by atoms with Crippen molar-refractivity contribution < 1.29 is 32.3 Å². The molecule has 2 atom stereocenters. The lowest BCUT2D eigenvalue weighted by Crippen LogP contribution is -2.34. The molecule has 25 heavy (non-hydrogen) atoms. The number of nitrogens with zero attached hydrogens (tertiary/aromatic N) is 2. The average molecular weight is 362 g/mol. The molecule has 0 aromatic carbocycles. The van der Waals surface area contributed by atoms with Gasteiger partial charge in [0.1, 0.15) is 5.76 Å². The number of carboxylic acid groups (broad SMARTS) is 1. The Kier molecular flexibility index (Phi) is 5.15. The molecule has 2 rings (SSSR count). The van der Waals surface area contributed by atoms with E-state index in [1.54, 1.807) is 6.20 Å². The zero-order valence-corrected chi connectivity index (χ0v) is 14.3. The molecule has 0 unspecified atom stereocenters. The number of carboxylic acids is 1. The molecule has 140 valence electrons. The van der Waals surface area contributed by atoms with Crippen LogP contribution in [-0.4, -0.2) is 46.1 Å². The van der Waals surface area contributed by atoms with E-state index in [0.29, 0.717) is 11.7 Å². The van der Waals surface area contributed by atoms with E-state index in [1.807, 2.05) is 20.8 Å². The molecule has 0 aliphatic carbocycles. The predicted octanol–water partition coefficient (Wildman–Crippen LogP) is 2.63. The molecule has 1 aliphatic rings. The molecule has 1 aliphatic heterocycles. The van der Waals surface area contributed by atoms with Crippen molar-refractivity contribution in [3.05, 3.63) is 17.8 Å². The number of likely N-dealkylation sites (tertiary alicyclic amines) is 1. The number of hydrogen-bond donors (Lipinski definition) is 1. The van der Waals surface area contributed by atoms with Crippen LogP contribution >= 0.6 is 0 Å². The molecular weight excluding hydrogens is 341 g/mol. The van der Waals surface area contributed by atoms with Crippen molar-refractivity contribution in [2.45, 2.75) is 45.2 Å². The maximum Gasteiger partial charge on any atom is 0.394 e. The van der Waals surface area contributed by atoms with Crippen LogP contribution in [0.25, 0.3) is 0 Å². The fourth-order valence-corrected chi connectivity index (χ4v) is 2.73. The van der Waals surface area contributed by atoms with Crippen LogP contribution in [0.3, 0.4) is 0 Å². The Morgan fingerprint density at radius 1 is 1.32 bits per heavy atom. The van der Waals surface area contributed by atoms with Crippen LogP contribution in [0.15, 0.2) is 10.6 Å². The van der Waals surface area contributed by atoms with E-state index in [0.717, 1.165) is 4.90 Å². The van der Waals surface area contributed by atoms with Gasteiger partial charge in [-0.25, -0.2) is 4.98 Å². The lowest BCUT2D eigenvalue weighted by atomic mass is 9.94. The summed E-state index contributed by atoms with van der Waals surface area (Å²) in [5.74, 6) is -4.76. The van der Waals surface area contributed by atoms with Gasteiger partial charge in [-0.15, -0.1) is 0 Å². The van der Waals surface area contributed by atoms with Crippen molar-refractivity contribution >= 4 is 11.9 Å². The number of carbonyl (C=O) groups is 2. The van der Waals surface area contributed by atoms with Gasteiger partial charge in [0.15, 0.2) is 5.89 Å². The third kappa shape index (κ3) is 4.52. The molecule has 1 saturated heterocycles. The fourth-order valence-electron chi connectivity index (χ4n) is 2.73. The summed E-state index contributed by atoms with van der Waals surface area (Å²) in [6, 6.07) is 0. The van der Waals surface area contributed by atoms with Gasteiger partial charge in [0.25, 0.3) is 0 Å². The van der Waals surface area contributed by atoms with Crippen molar-refractivity contribution in [1.82, 2.24) is 9.88 Å². The summed E-state index contributed by atoms with van der Waals surface area (Å²) in [6.07, 6.45) is -3.01. The highest BCUT2D eigenvalue weighted by molar-refractivity contribution is 5.79. The monoisotopic (exact) mass is 362 g/mol. The summed E-state index contributed by atoms with van der Waals surface area (Å²) < 4.78 is 44.4. The van der Waals surface area contributed by atoms with Gasteiger partial charge in [-0.1, -0.05) is 20.8 Å². The van der Waals surface area contributed by atoms with E-state index in [1.165, 1.54) is 0 Å². The number of halogens is 3. The van der Waals surface area contributed by atoms with Gasteiger partial charge in [0.05, 0.1) is 18.0 Å². The van der Waals surface area contributed by atoms with Gasteiger partial charge in [-0.3, -0.25) is 9.59 Å². The molecule has 0 radical (unpaired) electrons. The topological polar surface area (TPSA) is 83.6 Å². The first kappa shape index (κ1) is 19.3. The second kappa shape index (κ2) is 6.68. The van der Waals surface area contributed by atoms with Crippen LogP contribution in [-0.2, 0) is 21.4 Å². The number of rotatable bonds is 4. The Hall–Kier alpha value is -2.06. The molecule has 0 bridgehead atoms. The number of carbonyl (C=O) groups excluding carboxylic acids is 1. The smallest absolute Gasteiger partial charge is 0.394 e. The van der Waals surface area contributed by atoms with Crippen LogP contribution in [0.1, 0.15) is 38.8 Å². The largest absolute Gasteiger partial charge is 0.481 e. The van der Waals surface area contributed by atoms with Gasteiger partial charge in [-0.05, 0) is 0 Å². The number of aliphatic carboxylic acids is 1. The van der Waals surface area contributed by atoms with E-state index < -0.39 is 43.0 Å². The van der Waals surface area contributed by atoms with Gasteiger partial charge in [0, 0.05) is 31.3 Å². The molecule has 1 aromatic heterocycles. The number of hydrogen-bond acceptors (Lipinski definition) is 4. The Morgan fingerprint density at radius 2 is 1.96 bits per heavy atom. The third-order valence-electron chi connectivity index (χ3n) is 4.26. The van der Waals surface area contributed by atoms with Crippen LogP contribution < -0.4 is 0 Å². The van der Waals surface area contributed by atoms with Crippen molar-refractivity contribution in [3.63, 3.8) is 0 Å². The van der Waals surface area contributed by atoms with Crippen LogP contribution in [0.5, 0.6) is 0 Å². The first-order valence-corrected chi connectivity index (χ1v) is 7.92. The molecule has 6 nitrogen and oxygen atoms in total. The Balaban J connectivity index is 1.97. The van der Waals surface area contributed by atoms with E-state index in [4.69, 9.17) is 9.52 Å². The van der Waals surface area contributed by atoms with Gasteiger partial charge in [-0.2, -0.15) is 13.2 Å². The van der Waals surface area contributed by atoms with Crippen LogP contribution in [0.4, 0.5) is 13.2 Å². The number of oxazole rings is 1. The maximum absolute atomic E-state index is 12.9. The summed E-state index contributed by atoms with van der Waals surface area (Å²) in [7, 11) is 0. The Bertz CT molecular complexity index is 649. The summed E-state index contributed by atoms with van der Waals surface area (Å²) in [5.41, 5.74) is -0.237. The minimum absolute atomic E-state index is 0.0823. The van der Waals surface area contributed by atoms with Crippen molar-refractivity contribution in [2.24, 2.45) is 11.8 Å². The highest BCUT2D eigenvalue weighted by atomic mass is 19.4. The van der Waals surface area contributed by atoms with Gasteiger partial charge < -0.3 is 14.4 Å². The number of alkyl halides is 3. The predicted molar refractivity (Wildman–Crippen MR) is 80.8 cm³/mol. The fraction of sp³-hybridized carbons (Fsp3) is 0.688. The zero-order chi connectivity index (χ0) is 19.0. The SMILES string of the molecule is CC(C)(C)c1cnc(CCC(=O)N2C[C@@H](C(F)(F)F)[C@H](C(=O)O)C2)o1. The highest BCUT2D eigenvalue weighted by Crippen LogP contribution is 2.38. The molecule has 1 amide bonds. The second-order valence-corrected chi connectivity index (χ2v) is 7.26. The van der Waals surface area contributed by atoms with E-state index in [-0.39, 0.29) is 18.3 Å². The van der Waals surface area contributed by atoms with Crippen molar-refractivity contribution in [2.75, 3.05) is 13.1 Å². The maximum atomic E-state index is 12.9. The van der Waals surface area contributed by atoms with E-state index >= 15 is 0 Å². The third-order valence-corrected chi connectivity index (χ3v) is 4.26.